The van der Waals surface area contributed by atoms with Crippen LogP contribution in [0.5, 0.6) is 0 Å². The summed E-state index contributed by atoms with van der Waals surface area (Å²) in [4.78, 5) is 26.0. The van der Waals surface area contributed by atoms with Crippen LogP contribution in [0.4, 0.5) is 10.1 Å². The normalized spacial score (nSPS) is 16.5. The van der Waals surface area contributed by atoms with Gasteiger partial charge in [-0.2, -0.15) is 0 Å². The minimum atomic E-state index is -0.604. The van der Waals surface area contributed by atoms with Crippen LogP contribution in [0.15, 0.2) is 54.1 Å². The second-order valence-corrected chi connectivity index (χ2v) is 5.81. The lowest BCUT2D eigenvalue weighted by Gasteiger charge is -2.29. The summed E-state index contributed by atoms with van der Waals surface area (Å²) < 4.78 is 13.0. The molecule has 120 valence electrons. The Morgan fingerprint density at radius 3 is 2.50 bits per heavy atom. The van der Waals surface area contributed by atoms with Crippen molar-refractivity contribution in [1.29, 1.82) is 0 Å². The highest BCUT2D eigenvalue weighted by Crippen LogP contribution is 2.24. The molecule has 1 heterocycles. The van der Waals surface area contributed by atoms with Crippen LogP contribution in [0.1, 0.15) is 5.56 Å². The van der Waals surface area contributed by atoms with E-state index >= 15 is 0 Å². The number of rotatable bonds is 2. The number of hydrogen-bond acceptors (Lipinski definition) is 3. The van der Waals surface area contributed by atoms with Crippen molar-refractivity contribution in [1.82, 2.24) is 5.32 Å². The maximum absolute atomic E-state index is 13.0. The fourth-order valence-electron chi connectivity index (χ4n) is 2.23. The van der Waals surface area contributed by atoms with E-state index in [1.165, 1.54) is 35.2 Å². The summed E-state index contributed by atoms with van der Waals surface area (Å²) in [5.74, 6) is -1.58. The van der Waals surface area contributed by atoms with Gasteiger partial charge in [-0.1, -0.05) is 29.8 Å². The van der Waals surface area contributed by atoms with Gasteiger partial charge in [0.15, 0.2) is 5.11 Å². The summed E-state index contributed by atoms with van der Waals surface area (Å²) in [5, 5.41) is 2.88. The number of nitrogens with zero attached hydrogens (tertiary/aromatic N) is 1. The number of benzene rings is 2. The van der Waals surface area contributed by atoms with Gasteiger partial charge >= 0.3 is 0 Å². The highest BCUT2D eigenvalue weighted by molar-refractivity contribution is 7.80. The SMILES string of the molecule is O=C1NC(=S)N(c2cccc(Cl)c2)C(=O)/C1=C/c1ccc(F)cc1. The second-order valence-electron chi connectivity index (χ2n) is 4.99. The van der Waals surface area contributed by atoms with Crippen molar-refractivity contribution in [2.45, 2.75) is 0 Å². The zero-order valence-electron chi connectivity index (χ0n) is 12.1. The van der Waals surface area contributed by atoms with E-state index in [0.717, 1.165) is 0 Å². The molecule has 3 rings (SSSR count). The topological polar surface area (TPSA) is 49.4 Å². The lowest BCUT2D eigenvalue weighted by atomic mass is 10.1. The van der Waals surface area contributed by atoms with E-state index in [2.05, 4.69) is 5.32 Å². The van der Waals surface area contributed by atoms with E-state index in [9.17, 15) is 14.0 Å². The van der Waals surface area contributed by atoms with Gasteiger partial charge in [-0.3, -0.25) is 19.8 Å². The molecule has 1 aliphatic rings. The predicted octanol–water partition coefficient (Wildman–Crippen LogP) is 3.31. The van der Waals surface area contributed by atoms with Crippen LogP contribution in [0.2, 0.25) is 5.02 Å². The van der Waals surface area contributed by atoms with Crippen LogP contribution in [-0.4, -0.2) is 16.9 Å². The van der Waals surface area contributed by atoms with Gasteiger partial charge in [-0.25, -0.2) is 4.39 Å². The molecule has 0 atom stereocenters. The third-order valence-electron chi connectivity index (χ3n) is 3.35. The molecule has 0 radical (unpaired) electrons. The van der Waals surface area contributed by atoms with Crippen LogP contribution >= 0.6 is 23.8 Å². The largest absolute Gasteiger partial charge is 0.298 e. The number of carbonyl (C=O) groups excluding carboxylic acids is 2. The van der Waals surface area contributed by atoms with Gasteiger partial charge in [0.05, 0.1) is 5.69 Å². The van der Waals surface area contributed by atoms with Gasteiger partial charge in [0.2, 0.25) is 0 Å². The van der Waals surface area contributed by atoms with Gasteiger partial charge in [0.1, 0.15) is 11.4 Å². The van der Waals surface area contributed by atoms with Crippen molar-refractivity contribution in [2.75, 3.05) is 4.90 Å². The lowest BCUT2D eigenvalue weighted by molar-refractivity contribution is -0.122. The zero-order chi connectivity index (χ0) is 17.3. The van der Waals surface area contributed by atoms with Crippen LogP contribution in [-0.2, 0) is 9.59 Å². The standard InChI is InChI=1S/C17H10ClFN2O2S/c18-11-2-1-3-13(9-11)21-16(23)14(15(22)20-17(21)24)8-10-4-6-12(19)7-5-10/h1-9H,(H,20,22,24)/b14-8+. The highest BCUT2D eigenvalue weighted by Gasteiger charge is 2.34. The Kier molecular flexibility index (Phi) is 4.42. The van der Waals surface area contributed by atoms with E-state index < -0.39 is 17.6 Å². The molecule has 0 saturated carbocycles. The van der Waals surface area contributed by atoms with Crippen LogP contribution in [0.3, 0.4) is 0 Å². The molecule has 0 aliphatic carbocycles. The summed E-state index contributed by atoms with van der Waals surface area (Å²) in [5.41, 5.74) is 0.867. The summed E-state index contributed by atoms with van der Waals surface area (Å²) in [7, 11) is 0. The molecule has 0 bridgehead atoms. The van der Waals surface area contributed by atoms with Crippen molar-refractivity contribution >= 4 is 52.5 Å². The third-order valence-corrected chi connectivity index (χ3v) is 3.87. The Balaban J connectivity index is 2.01. The van der Waals surface area contributed by atoms with E-state index in [0.29, 0.717) is 16.3 Å². The quantitative estimate of drug-likeness (QED) is 0.508. The highest BCUT2D eigenvalue weighted by atomic mass is 35.5. The number of carbonyl (C=O) groups is 2. The molecule has 1 N–H and O–H groups in total. The maximum Gasteiger partial charge on any atom is 0.270 e. The van der Waals surface area contributed by atoms with Crippen LogP contribution < -0.4 is 10.2 Å². The Labute approximate surface area is 147 Å². The number of anilines is 1. The molecule has 7 heteroatoms. The first-order valence-electron chi connectivity index (χ1n) is 6.88. The van der Waals surface area contributed by atoms with Gasteiger partial charge in [-0.05, 0) is 54.2 Å². The molecule has 2 amide bonds. The molecule has 24 heavy (non-hydrogen) atoms. The smallest absolute Gasteiger partial charge is 0.270 e. The Morgan fingerprint density at radius 2 is 1.83 bits per heavy atom. The van der Waals surface area contributed by atoms with Crippen molar-refractivity contribution < 1.29 is 14.0 Å². The summed E-state index contributed by atoms with van der Waals surface area (Å²) in [6.45, 7) is 0. The second kappa shape index (κ2) is 6.51. The zero-order valence-corrected chi connectivity index (χ0v) is 13.7. The fraction of sp³-hybridized carbons (Fsp3) is 0. The monoisotopic (exact) mass is 360 g/mol. The molecule has 2 aromatic carbocycles. The minimum Gasteiger partial charge on any atom is -0.298 e. The Bertz CT molecular complexity index is 880. The molecule has 2 aromatic rings. The number of amides is 2. The van der Waals surface area contributed by atoms with Gasteiger partial charge in [0.25, 0.3) is 11.8 Å². The molecule has 4 nitrogen and oxygen atoms in total. The number of thiocarbonyl (C=S) groups is 1. The first-order valence-corrected chi connectivity index (χ1v) is 7.67. The van der Waals surface area contributed by atoms with E-state index in [-0.39, 0.29) is 10.7 Å². The Hall–Kier alpha value is -2.57. The van der Waals surface area contributed by atoms with E-state index in [1.54, 1.807) is 24.3 Å². The number of hydrogen-bond donors (Lipinski definition) is 1. The van der Waals surface area contributed by atoms with Gasteiger partial charge < -0.3 is 0 Å². The van der Waals surface area contributed by atoms with Gasteiger partial charge in [0, 0.05) is 5.02 Å². The maximum atomic E-state index is 13.0. The number of nitrogens with one attached hydrogen (secondary N) is 1. The molecule has 0 unspecified atom stereocenters. The van der Waals surface area contributed by atoms with E-state index in [1.807, 2.05) is 0 Å². The average Bonchev–Trinajstić information content (AvgIpc) is 2.53. The third kappa shape index (κ3) is 3.20. The fourth-order valence-corrected chi connectivity index (χ4v) is 2.70. The summed E-state index contributed by atoms with van der Waals surface area (Å²) in [6, 6.07) is 12.0. The van der Waals surface area contributed by atoms with Crippen molar-refractivity contribution in [2.24, 2.45) is 0 Å². The molecule has 1 aliphatic heterocycles. The molecule has 1 fully saturated rings. The summed E-state index contributed by atoms with van der Waals surface area (Å²) in [6.07, 6.45) is 1.39. The van der Waals surface area contributed by atoms with Crippen LogP contribution in [0.25, 0.3) is 6.08 Å². The Morgan fingerprint density at radius 1 is 1.12 bits per heavy atom. The molecule has 0 spiro atoms. The molecule has 1 saturated heterocycles. The van der Waals surface area contributed by atoms with Crippen molar-refractivity contribution in [3.63, 3.8) is 0 Å². The lowest BCUT2D eigenvalue weighted by Crippen LogP contribution is -2.54. The minimum absolute atomic E-state index is 0.0245. The molecular formula is C17H10ClFN2O2S. The first-order chi connectivity index (χ1) is 11.5. The van der Waals surface area contributed by atoms with Crippen molar-refractivity contribution in [3.8, 4) is 0 Å². The van der Waals surface area contributed by atoms with Gasteiger partial charge in [-0.15, -0.1) is 0 Å². The molecular weight excluding hydrogens is 351 g/mol. The van der Waals surface area contributed by atoms with Crippen molar-refractivity contribution in [3.05, 3.63) is 70.5 Å². The molecule has 0 aromatic heterocycles. The van der Waals surface area contributed by atoms with Crippen LogP contribution in [0, 0.1) is 5.82 Å². The predicted molar refractivity (Wildman–Crippen MR) is 94.1 cm³/mol. The average molecular weight is 361 g/mol. The number of halogens is 2. The summed E-state index contributed by atoms with van der Waals surface area (Å²) >= 11 is 11.0. The first kappa shape index (κ1) is 16.3. The van der Waals surface area contributed by atoms with E-state index in [4.69, 9.17) is 23.8 Å².